The molecular weight excluding hydrogens is 392 g/mol. The van der Waals surface area contributed by atoms with Crippen LogP contribution >= 0.6 is 11.8 Å². The maximum atomic E-state index is 5.46. The lowest BCUT2D eigenvalue weighted by molar-refractivity contribution is 0.324. The molecule has 0 fully saturated rings. The summed E-state index contributed by atoms with van der Waals surface area (Å²) < 4.78 is 23.3. The average molecular weight is 412 g/mol. The van der Waals surface area contributed by atoms with Crippen LogP contribution in [0.4, 0.5) is 0 Å². The fourth-order valence-corrected chi connectivity index (χ4v) is 3.88. The van der Waals surface area contributed by atoms with E-state index in [0.29, 0.717) is 28.8 Å². The highest BCUT2D eigenvalue weighted by Gasteiger charge is 2.23. The molecule has 2 aromatic carbocycles. The van der Waals surface area contributed by atoms with Gasteiger partial charge >= 0.3 is 0 Å². The van der Waals surface area contributed by atoms with E-state index in [0.717, 1.165) is 27.7 Å². The van der Waals surface area contributed by atoms with Gasteiger partial charge in [-0.25, -0.2) is 0 Å². The third kappa shape index (κ3) is 3.49. The van der Waals surface area contributed by atoms with Crippen molar-refractivity contribution in [1.82, 2.24) is 14.9 Å². The highest BCUT2D eigenvalue weighted by Crippen LogP contribution is 2.41. The highest BCUT2D eigenvalue weighted by atomic mass is 32.2. The molecule has 0 amide bonds. The van der Waals surface area contributed by atoms with Crippen LogP contribution in [0.1, 0.15) is 5.56 Å². The van der Waals surface area contributed by atoms with E-state index >= 15 is 0 Å². The lowest BCUT2D eigenvalue weighted by atomic mass is 10.1. The smallest absolute Gasteiger partial charge is 0.212 e. The minimum Gasteiger partial charge on any atom is -0.497 e. The van der Waals surface area contributed by atoms with Crippen LogP contribution < -0.4 is 18.9 Å². The summed E-state index contributed by atoms with van der Waals surface area (Å²) in [6.45, 7) is 0. The number of thioether (sulfide) groups is 1. The Morgan fingerprint density at radius 1 is 0.828 bits per heavy atom. The monoisotopic (exact) mass is 412 g/mol. The van der Waals surface area contributed by atoms with Crippen LogP contribution in [-0.4, -0.2) is 54.8 Å². The molecule has 0 aliphatic carbocycles. The normalized spacial score (nSPS) is 12.8. The Hall–Kier alpha value is -3.20. The first-order valence-corrected chi connectivity index (χ1v) is 9.78. The van der Waals surface area contributed by atoms with Crippen LogP contribution in [0.5, 0.6) is 23.0 Å². The molecule has 0 N–H and O–H groups in total. The molecule has 4 rings (SSSR count). The number of aromatic nitrogens is 3. The number of methoxy groups -OCH3 is 4. The van der Waals surface area contributed by atoms with Gasteiger partial charge in [0.15, 0.2) is 17.3 Å². The lowest BCUT2D eigenvalue weighted by Crippen LogP contribution is -2.13. The van der Waals surface area contributed by atoms with Crippen molar-refractivity contribution in [2.75, 3.05) is 34.2 Å². The van der Waals surface area contributed by atoms with Crippen LogP contribution in [0, 0.1) is 0 Å². The summed E-state index contributed by atoms with van der Waals surface area (Å²) in [5, 5.41) is 14.1. The van der Waals surface area contributed by atoms with Gasteiger partial charge in [0.25, 0.3) is 0 Å². The van der Waals surface area contributed by atoms with Crippen LogP contribution in [-0.2, 0) is 0 Å². The number of benzene rings is 2. The summed E-state index contributed by atoms with van der Waals surface area (Å²) in [7, 11) is 6.38. The summed E-state index contributed by atoms with van der Waals surface area (Å²) >= 11 is 1.58. The van der Waals surface area contributed by atoms with Gasteiger partial charge < -0.3 is 18.9 Å². The van der Waals surface area contributed by atoms with Crippen molar-refractivity contribution in [1.29, 1.82) is 0 Å². The molecule has 1 aromatic heterocycles. The number of rotatable bonds is 6. The van der Waals surface area contributed by atoms with Gasteiger partial charge in [-0.2, -0.15) is 9.78 Å². The zero-order valence-electron chi connectivity index (χ0n) is 16.5. The molecule has 3 aromatic rings. The number of fused-ring (bicyclic) bond motifs is 1. The van der Waals surface area contributed by atoms with Gasteiger partial charge in [0, 0.05) is 11.3 Å². The topological polar surface area (TPSA) is 80.0 Å². The predicted molar refractivity (Wildman–Crippen MR) is 111 cm³/mol. The minimum atomic E-state index is 0.522. The third-order valence-electron chi connectivity index (χ3n) is 4.52. The molecule has 0 atom stereocenters. The van der Waals surface area contributed by atoms with E-state index in [1.807, 2.05) is 36.4 Å². The number of nitrogens with zero attached hydrogens (tertiary/aromatic N) is 4. The summed E-state index contributed by atoms with van der Waals surface area (Å²) in [5.41, 5.74) is 2.71. The van der Waals surface area contributed by atoms with Crippen LogP contribution in [0.3, 0.4) is 0 Å². The van der Waals surface area contributed by atoms with Crippen molar-refractivity contribution >= 4 is 17.5 Å². The SMILES string of the molecule is COc1ccc(C2=Nn3c(nnc3-c3cc(OC)c(OC)c(OC)c3)SC2)cc1. The molecule has 2 heterocycles. The van der Waals surface area contributed by atoms with Gasteiger partial charge in [-0.15, -0.1) is 10.2 Å². The summed E-state index contributed by atoms with van der Waals surface area (Å²) in [6, 6.07) is 11.5. The van der Waals surface area contributed by atoms with Crippen LogP contribution in [0.15, 0.2) is 46.7 Å². The van der Waals surface area contributed by atoms with Crippen LogP contribution in [0.25, 0.3) is 11.4 Å². The Kier molecular flexibility index (Phi) is 5.30. The van der Waals surface area contributed by atoms with Gasteiger partial charge in [-0.05, 0) is 42.0 Å². The molecule has 0 radical (unpaired) electrons. The molecule has 0 spiro atoms. The quantitative estimate of drug-likeness (QED) is 0.614. The summed E-state index contributed by atoms with van der Waals surface area (Å²) in [6.07, 6.45) is 0. The standard InChI is InChI=1S/C20H20N4O4S/c1-25-14-7-5-12(6-8-14)15-11-29-20-22-21-19(24(20)23-15)13-9-16(26-2)18(28-4)17(10-13)27-3/h5-10H,11H2,1-4H3. The zero-order valence-corrected chi connectivity index (χ0v) is 17.3. The third-order valence-corrected chi connectivity index (χ3v) is 5.45. The van der Waals surface area contributed by atoms with Crippen molar-refractivity contribution in [3.05, 3.63) is 42.0 Å². The molecular formula is C20H20N4O4S. The maximum Gasteiger partial charge on any atom is 0.212 e. The van der Waals surface area contributed by atoms with Gasteiger partial charge in [0.2, 0.25) is 10.9 Å². The lowest BCUT2D eigenvalue weighted by Gasteiger charge is -2.16. The Morgan fingerprint density at radius 2 is 1.52 bits per heavy atom. The zero-order chi connectivity index (χ0) is 20.4. The molecule has 150 valence electrons. The van der Waals surface area contributed by atoms with E-state index in [4.69, 9.17) is 24.0 Å². The first kappa shape index (κ1) is 19.1. The van der Waals surface area contributed by atoms with Crippen molar-refractivity contribution in [2.24, 2.45) is 5.10 Å². The van der Waals surface area contributed by atoms with Gasteiger partial charge in [-0.1, -0.05) is 11.8 Å². The number of ether oxygens (including phenoxy) is 4. The Balaban J connectivity index is 1.78. The second kappa shape index (κ2) is 8.04. The fraction of sp³-hybridized carbons (Fsp3) is 0.250. The minimum absolute atomic E-state index is 0.522. The molecule has 1 aliphatic heterocycles. The van der Waals surface area contributed by atoms with Crippen molar-refractivity contribution in [3.8, 4) is 34.4 Å². The van der Waals surface area contributed by atoms with Crippen molar-refractivity contribution in [2.45, 2.75) is 5.16 Å². The molecule has 0 bridgehead atoms. The second-order valence-corrected chi connectivity index (χ2v) is 7.04. The molecule has 8 nitrogen and oxygen atoms in total. The average Bonchev–Trinajstić information content (AvgIpc) is 3.21. The first-order valence-electron chi connectivity index (χ1n) is 8.79. The maximum absolute atomic E-state index is 5.46. The van der Waals surface area contributed by atoms with E-state index in [1.165, 1.54) is 0 Å². The summed E-state index contributed by atoms with van der Waals surface area (Å²) in [4.78, 5) is 0. The molecule has 29 heavy (non-hydrogen) atoms. The number of hydrogen-bond donors (Lipinski definition) is 0. The van der Waals surface area contributed by atoms with Crippen LogP contribution in [0.2, 0.25) is 0 Å². The predicted octanol–water partition coefficient (Wildman–Crippen LogP) is 3.34. The molecule has 0 unspecified atom stereocenters. The van der Waals surface area contributed by atoms with E-state index < -0.39 is 0 Å². The van der Waals surface area contributed by atoms with Gasteiger partial charge in [0.1, 0.15) is 5.75 Å². The Labute approximate surface area is 172 Å². The second-order valence-electron chi connectivity index (χ2n) is 6.10. The largest absolute Gasteiger partial charge is 0.497 e. The Bertz CT molecular complexity index is 1040. The molecule has 1 aliphatic rings. The van der Waals surface area contributed by atoms with E-state index in [2.05, 4.69) is 10.2 Å². The molecule has 0 saturated heterocycles. The molecule has 0 saturated carbocycles. The van der Waals surface area contributed by atoms with Crippen molar-refractivity contribution < 1.29 is 18.9 Å². The number of hydrogen-bond acceptors (Lipinski definition) is 8. The van der Waals surface area contributed by atoms with Crippen molar-refractivity contribution in [3.63, 3.8) is 0 Å². The fourth-order valence-electron chi connectivity index (χ4n) is 3.04. The highest BCUT2D eigenvalue weighted by molar-refractivity contribution is 7.99. The molecule has 9 heteroatoms. The van der Waals surface area contributed by atoms with Gasteiger partial charge in [-0.3, -0.25) is 0 Å². The van der Waals surface area contributed by atoms with Gasteiger partial charge in [0.05, 0.1) is 34.2 Å². The summed E-state index contributed by atoms with van der Waals surface area (Å²) in [5.74, 6) is 3.72. The van der Waals surface area contributed by atoms with E-state index in [1.54, 1.807) is 44.9 Å². The Morgan fingerprint density at radius 3 is 2.10 bits per heavy atom. The van der Waals surface area contributed by atoms with E-state index in [9.17, 15) is 0 Å². The first-order chi connectivity index (χ1) is 14.2. The van der Waals surface area contributed by atoms with E-state index in [-0.39, 0.29) is 0 Å².